The lowest BCUT2D eigenvalue weighted by Gasteiger charge is -2.11. The Bertz CT molecular complexity index is 423. The first-order valence-corrected chi connectivity index (χ1v) is 4.74. The molecule has 0 amide bonds. The second kappa shape index (κ2) is 5.42. The topological polar surface area (TPSA) is 68.7 Å². The van der Waals surface area contributed by atoms with Gasteiger partial charge in [-0.25, -0.2) is 18.6 Å². The average molecular weight is 247 g/mol. The van der Waals surface area contributed by atoms with Gasteiger partial charge in [0.2, 0.25) is 0 Å². The number of methoxy groups -OCH3 is 1. The summed E-state index contributed by atoms with van der Waals surface area (Å²) in [5, 5.41) is 9.59. The first kappa shape index (κ1) is 13.1. The lowest BCUT2D eigenvalue weighted by molar-refractivity contribution is 0.0510. The summed E-state index contributed by atoms with van der Waals surface area (Å²) in [6.45, 7) is 1.53. The van der Waals surface area contributed by atoms with Crippen LogP contribution in [-0.2, 0) is 4.74 Å². The third kappa shape index (κ3) is 2.61. The highest BCUT2D eigenvalue weighted by molar-refractivity contribution is 5.94. The molecule has 5 nitrogen and oxygen atoms in total. The molecule has 0 aliphatic rings. The summed E-state index contributed by atoms with van der Waals surface area (Å²) in [6.07, 6.45) is -2.17. The summed E-state index contributed by atoms with van der Waals surface area (Å²) in [6, 6.07) is 0. The van der Waals surface area contributed by atoms with E-state index >= 15 is 0 Å². The van der Waals surface area contributed by atoms with Crippen LogP contribution in [0.5, 0.6) is 11.6 Å². The second-order valence-corrected chi connectivity index (χ2v) is 2.97. The Kier molecular flexibility index (Phi) is 4.19. The zero-order chi connectivity index (χ0) is 13.0. The summed E-state index contributed by atoms with van der Waals surface area (Å²) in [4.78, 5) is 14.9. The van der Waals surface area contributed by atoms with Crippen LogP contribution in [0.3, 0.4) is 0 Å². The Balaban J connectivity index is 3.34. The van der Waals surface area contributed by atoms with Gasteiger partial charge in [-0.05, 0) is 6.92 Å². The lowest BCUT2D eigenvalue weighted by atomic mass is 10.1. The minimum atomic E-state index is -2.95. The molecule has 1 rings (SSSR count). The zero-order valence-corrected chi connectivity index (χ0v) is 9.24. The lowest BCUT2D eigenvalue weighted by Crippen LogP contribution is -2.10. The van der Waals surface area contributed by atoms with E-state index in [-0.39, 0.29) is 12.5 Å². The van der Waals surface area contributed by atoms with E-state index in [2.05, 4.69) is 14.5 Å². The van der Waals surface area contributed by atoms with Gasteiger partial charge < -0.3 is 14.6 Å². The van der Waals surface area contributed by atoms with E-state index in [9.17, 15) is 18.7 Å². The highest BCUT2D eigenvalue weighted by Crippen LogP contribution is 2.34. The van der Waals surface area contributed by atoms with E-state index < -0.39 is 29.3 Å². The Labute approximate surface area is 96.0 Å². The van der Waals surface area contributed by atoms with Gasteiger partial charge in [0, 0.05) is 6.20 Å². The normalized spacial score (nSPS) is 10.4. The number of nitrogens with zero attached hydrogens (tertiary/aromatic N) is 1. The number of halogens is 2. The van der Waals surface area contributed by atoms with Crippen LogP contribution in [0.2, 0.25) is 0 Å². The molecule has 0 aliphatic carbocycles. The molecule has 0 saturated carbocycles. The summed E-state index contributed by atoms with van der Waals surface area (Å²) >= 11 is 0. The van der Waals surface area contributed by atoms with Gasteiger partial charge in [-0.3, -0.25) is 0 Å². The molecule has 17 heavy (non-hydrogen) atoms. The minimum absolute atomic E-state index is 0.00555. The number of carbonyl (C=O) groups excluding carboxylic acids is 1. The van der Waals surface area contributed by atoms with Crippen molar-refractivity contribution in [2.75, 3.05) is 13.7 Å². The molecule has 0 bridgehead atoms. The number of hydrogen-bond acceptors (Lipinski definition) is 5. The van der Waals surface area contributed by atoms with Gasteiger partial charge in [0.15, 0.2) is 5.75 Å². The minimum Gasteiger partial charge on any atom is -0.502 e. The number of pyridine rings is 1. The Morgan fingerprint density at radius 1 is 1.59 bits per heavy atom. The van der Waals surface area contributed by atoms with Gasteiger partial charge in [0.25, 0.3) is 12.3 Å². The van der Waals surface area contributed by atoms with Crippen molar-refractivity contribution in [1.29, 1.82) is 0 Å². The van der Waals surface area contributed by atoms with E-state index in [4.69, 9.17) is 0 Å². The van der Waals surface area contributed by atoms with E-state index in [1.165, 1.54) is 14.0 Å². The largest absolute Gasteiger partial charge is 0.502 e. The van der Waals surface area contributed by atoms with Gasteiger partial charge >= 0.3 is 5.97 Å². The van der Waals surface area contributed by atoms with Crippen LogP contribution < -0.4 is 4.74 Å². The fourth-order valence-corrected chi connectivity index (χ4v) is 1.23. The SMILES string of the molecule is CCOC(=O)c1c(C(F)F)cnc(OC)c1O. The van der Waals surface area contributed by atoms with Crippen LogP contribution in [-0.4, -0.2) is 29.8 Å². The number of carbonyl (C=O) groups is 1. The number of esters is 1. The van der Waals surface area contributed by atoms with Crippen LogP contribution in [0.15, 0.2) is 6.20 Å². The average Bonchev–Trinajstić information content (AvgIpc) is 2.28. The molecule has 0 aromatic carbocycles. The van der Waals surface area contributed by atoms with Crippen LogP contribution in [0.25, 0.3) is 0 Å². The van der Waals surface area contributed by atoms with Crippen molar-refractivity contribution < 1.29 is 28.2 Å². The maximum atomic E-state index is 12.6. The molecular formula is C10H11F2NO4. The van der Waals surface area contributed by atoms with Gasteiger partial charge in [-0.1, -0.05) is 0 Å². The molecule has 0 radical (unpaired) electrons. The number of aromatic nitrogens is 1. The van der Waals surface area contributed by atoms with Crippen LogP contribution in [0.4, 0.5) is 8.78 Å². The number of ether oxygens (including phenoxy) is 2. The number of aromatic hydroxyl groups is 1. The van der Waals surface area contributed by atoms with E-state index in [0.717, 1.165) is 6.20 Å². The monoisotopic (exact) mass is 247 g/mol. The Morgan fingerprint density at radius 2 is 2.24 bits per heavy atom. The quantitative estimate of drug-likeness (QED) is 0.823. The third-order valence-corrected chi connectivity index (χ3v) is 1.96. The molecule has 0 atom stereocenters. The highest BCUT2D eigenvalue weighted by Gasteiger charge is 2.26. The highest BCUT2D eigenvalue weighted by atomic mass is 19.3. The van der Waals surface area contributed by atoms with Gasteiger partial charge in [0.1, 0.15) is 5.56 Å². The predicted octanol–water partition coefficient (Wildman–Crippen LogP) is 1.91. The molecule has 0 fully saturated rings. The molecule has 1 heterocycles. The molecule has 0 spiro atoms. The van der Waals surface area contributed by atoms with Gasteiger partial charge in [-0.2, -0.15) is 0 Å². The summed E-state index contributed by atoms with van der Waals surface area (Å²) in [5.41, 5.74) is -1.31. The number of alkyl halides is 2. The first-order valence-electron chi connectivity index (χ1n) is 4.74. The van der Waals surface area contributed by atoms with Crippen molar-refractivity contribution in [3.63, 3.8) is 0 Å². The molecule has 1 aromatic rings. The molecule has 1 aromatic heterocycles. The smallest absolute Gasteiger partial charge is 0.342 e. The summed E-state index contributed by atoms with van der Waals surface area (Å²) in [7, 11) is 1.19. The summed E-state index contributed by atoms with van der Waals surface area (Å²) in [5.74, 6) is -2.10. The molecule has 0 aliphatic heterocycles. The van der Waals surface area contributed by atoms with Crippen molar-refractivity contribution in [2.24, 2.45) is 0 Å². The van der Waals surface area contributed by atoms with E-state index in [1.54, 1.807) is 0 Å². The molecule has 0 unspecified atom stereocenters. The van der Waals surface area contributed by atoms with Gasteiger partial charge in [-0.15, -0.1) is 0 Å². The Morgan fingerprint density at radius 3 is 2.71 bits per heavy atom. The second-order valence-electron chi connectivity index (χ2n) is 2.97. The number of rotatable bonds is 4. The maximum absolute atomic E-state index is 12.6. The molecule has 94 valence electrons. The van der Waals surface area contributed by atoms with Crippen molar-refractivity contribution in [3.05, 3.63) is 17.3 Å². The van der Waals surface area contributed by atoms with Crippen LogP contribution >= 0.6 is 0 Å². The summed E-state index contributed by atoms with van der Waals surface area (Å²) < 4.78 is 34.5. The Hall–Kier alpha value is -1.92. The van der Waals surface area contributed by atoms with Crippen molar-refractivity contribution in [2.45, 2.75) is 13.3 Å². The number of hydrogen-bond donors (Lipinski definition) is 1. The molecule has 7 heteroatoms. The first-order chi connectivity index (χ1) is 8.02. The van der Waals surface area contributed by atoms with Crippen LogP contribution in [0, 0.1) is 0 Å². The predicted molar refractivity (Wildman–Crippen MR) is 53.4 cm³/mol. The fraction of sp³-hybridized carbons (Fsp3) is 0.400. The zero-order valence-electron chi connectivity index (χ0n) is 9.24. The van der Waals surface area contributed by atoms with Crippen LogP contribution in [0.1, 0.15) is 29.3 Å². The molecule has 0 saturated heterocycles. The van der Waals surface area contributed by atoms with Crippen molar-refractivity contribution in [3.8, 4) is 11.6 Å². The standard InChI is InChI=1S/C10H11F2NO4/c1-3-17-10(15)6-5(8(11)12)4-13-9(16-2)7(6)14/h4,8,14H,3H2,1-2H3. The van der Waals surface area contributed by atoms with E-state index in [0.29, 0.717) is 0 Å². The fourth-order valence-electron chi connectivity index (χ4n) is 1.23. The maximum Gasteiger partial charge on any atom is 0.342 e. The van der Waals surface area contributed by atoms with E-state index in [1.807, 2.05) is 0 Å². The van der Waals surface area contributed by atoms with Gasteiger partial charge in [0.05, 0.1) is 19.3 Å². The van der Waals surface area contributed by atoms with Crippen molar-refractivity contribution in [1.82, 2.24) is 4.98 Å². The molecule has 1 N–H and O–H groups in total. The van der Waals surface area contributed by atoms with Crippen molar-refractivity contribution >= 4 is 5.97 Å². The third-order valence-electron chi connectivity index (χ3n) is 1.96. The molecular weight excluding hydrogens is 236 g/mol.